The summed E-state index contributed by atoms with van der Waals surface area (Å²) in [7, 11) is 0. The van der Waals surface area contributed by atoms with Crippen LogP contribution in [0.15, 0.2) is 4.52 Å². The summed E-state index contributed by atoms with van der Waals surface area (Å²) in [6, 6.07) is 0.446. The second-order valence-electron chi connectivity index (χ2n) is 6.12. The van der Waals surface area contributed by atoms with Crippen molar-refractivity contribution in [3.63, 3.8) is 0 Å². The zero-order valence-corrected chi connectivity index (χ0v) is 12.5. The van der Waals surface area contributed by atoms with Gasteiger partial charge in [0.2, 0.25) is 5.89 Å². The van der Waals surface area contributed by atoms with Crippen molar-refractivity contribution < 1.29 is 4.52 Å². The third-order valence-electron chi connectivity index (χ3n) is 3.87. The summed E-state index contributed by atoms with van der Waals surface area (Å²) in [5, 5.41) is 7.69. The minimum atomic E-state index is 0.446. The van der Waals surface area contributed by atoms with E-state index in [0.29, 0.717) is 17.9 Å². The normalized spacial score (nSPS) is 18.3. The molecular weight excluding hydrogens is 238 g/mol. The summed E-state index contributed by atoms with van der Waals surface area (Å²) in [5.74, 6) is 2.96. The quantitative estimate of drug-likeness (QED) is 0.822. The van der Waals surface area contributed by atoms with Crippen molar-refractivity contribution in [2.75, 3.05) is 6.54 Å². The molecule has 0 saturated heterocycles. The molecule has 0 radical (unpaired) electrons. The van der Waals surface area contributed by atoms with E-state index in [0.717, 1.165) is 31.1 Å². The molecule has 1 heterocycles. The smallest absolute Gasteiger partial charge is 0.228 e. The number of aromatic nitrogens is 2. The largest absolute Gasteiger partial charge is 0.339 e. The van der Waals surface area contributed by atoms with Crippen LogP contribution in [0, 0.1) is 5.92 Å². The Bertz CT molecular complexity index is 369. The van der Waals surface area contributed by atoms with Gasteiger partial charge in [-0.05, 0) is 31.7 Å². The number of nitrogens with one attached hydrogen (secondary N) is 1. The molecule has 0 aliphatic heterocycles. The highest BCUT2D eigenvalue weighted by atomic mass is 16.5. The first-order valence-electron chi connectivity index (χ1n) is 7.75. The maximum atomic E-state index is 5.43. The van der Waals surface area contributed by atoms with Crippen LogP contribution < -0.4 is 5.32 Å². The minimum absolute atomic E-state index is 0.446. The molecule has 1 aromatic heterocycles. The van der Waals surface area contributed by atoms with Crippen molar-refractivity contribution in [3.8, 4) is 0 Å². The monoisotopic (exact) mass is 265 g/mol. The van der Waals surface area contributed by atoms with Gasteiger partial charge < -0.3 is 9.84 Å². The summed E-state index contributed by atoms with van der Waals surface area (Å²) in [4.78, 5) is 4.60. The zero-order valence-electron chi connectivity index (χ0n) is 12.5. The summed E-state index contributed by atoms with van der Waals surface area (Å²) >= 11 is 0. The number of nitrogens with zero attached hydrogens (tertiary/aromatic N) is 2. The topological polar surface area (TPSA) is 51.0 Å². The van der Waals surface area contributed by atoms with Crippen LogP contribution in [-0.4, -0.2) is 22.7 Å². The molecule has 108 valence electrons. The van der Waals surface area contributed by atoms with Gasteiger partial charge in [0.25, 0.3) is 0 Å². The number of rotatable bonds is 7. The molecular formula is C15H27N3O. The fraction of sp³-hybridized carbons (Fsp3) is 0.867. The van der Waals surface area contributed by atoms with E-state index in [-0.39, 0.29) is 0 Å². The third kappa shape index (κ3) is 4.30. The van der Waals surface area contributed by atoms with E-state index in [1.807, 2.05) is 0 Å². The van der Waals surface area contributed by atoms with Crippen LogP contribution in [0.1, 0.15) is 70.5 Å². The average molecular weight is 265 g/mol. The van der Waals surface area contributed by atoms with Crippen LogP contribution in [-0.2, 0) is 6.42 Å². The Balaban J connectivity index is 1.92. The molecule has 1 aliphatic carbocycles. The molecule has 1 saturated carbocycles. The zero-order chi connectivity index (χ0) is 13.7. The fourth-order valence-corrected chi connectivity index (χ4v) is 3.01. The molecule has 1 fully saturated rings. The van der Waals surface area contributed by atoms with Gasteiger partial charge in [-0.3, -0.25) is 0 Å². The van der Waals surface area contributed by atoms with Gasteiger partial charge in [0, 0.05) is 18.4 Å². The maximum Gasteiger partial charge on any atom is 0.228 e. The van der Waals surface area contributed by atoms with Crippen LogP contribution in [0.5, 0.6) is 0 Å². The standard InChI is InChI=1S/C15H27N3O/c1-4-16-13(9-11(2)3)10-14-17-15(18-19-14)12-7-5-6-8-12/h11-13,16H,4-10H2,1-3H3. The van der Waals surface area contributed by atoms with E-state index >= 15 is 0 Å². The first-order valence-corrected chi connectivity index (χ1v) is 7.75. The molecule has 2 rings (SSSR count). The highest BCUT2D eigenvalue weighted by molar-refractivity contribution is 4.98. The predicted octanol–water partition coefficient (Wildman–Crippen LogP) is 3.29. The maximum absolute atomic E-state index is 5.43. The molecule has 1 N–H and O–H groups in total. The molecule has 1 unspecified atom stereocenters. The summed E-state index contributed by atoms with van der Waals surface area (Å²) < 4.78 is 5.43. The number of likely N-dealkylation sites (N-methyl/N-ethyl adjacent to an activating group) is 1. The summed E-state index contributed by atoms with van der Waals surface area (Å²) in [6.07, 6.45) is 7.06. The minimum Gasteiger partial charge on any atom is -0.339 e. The van der Waals surface area contributed by atoms with Crippen LogP contribution in [0.2, 0.25) is 0 Å². The second kappa shape index (κ2) is 7.04. The van der Waals surface area contributed by atoms with E-state index in [9.17, 15) is 0 Å². The van der Waals surface area contributed by atoms with Crippen LogP contribution in [0.4, 0.5) is 0 Å². The van der Waals surface area contributed by atoms with E-state index < -0.39 is 0 Å². The lowest BCUT2D eigenvalue weighted by molar-refractivity contribution is 0.336. The van der Waals surface area contributed by atoms with Crippen LogP contribution >= 0.6 is 0 Å². The number of hydrogen-bond donors (Lipinski definition) is 1. The van der Waals surface area contributed by atoms with E-state index in [4.69, 9.17) is 4.52 Å². The van der Waals surface area contributed by atoms with Gasteiger partial charge in [-0.25, -0.2) is 0 Å². The predicted molar refractivity (Wildman–Crippen MR) is 76.1 cm³/mol. The Kier molecular flexibility index (Phi) is 5.37. The second-order valence-corrected chi connectivity index (χ2v) is 6.12. The van der Waals surface area contributed by atoms with Gasteiger partial charge in [0.1, 0.15) is 0 Å². The van der Waals surface area contributed by atoms with Gasteiger partial charge in [0.15, 0.2) is 5.82 Å². The van der Waals surface area contributed by atoms with Crippen molar-refractivity contribution in [2.45, 2.75) is 71.3 Å². The Morgan fingerprint density at radius 1 is 1.32 bits per heavy atom. The van der Waals surface area contributed by atoms with Gasteiger partial charge in [0.05, 0.1) is 0 Å². The van der Waals surface area contributed by atoms with Gasteiger partial charge in [-0.1, -0.05) is 38.8 Å². The molecule has 1 atom stereocenters. The Labute approximate surface area is 116 Å². The van der Waals surface area contributed by atoms with E-state index in [1.165, 1.54) is 25.7 Å². The van der Waals surface area contributed by atoms with Crippen molar-refractivity contribution in [3.05, 3.63) is 11.7 Å². The van der Waals surface area contributed by atoms with E-state index in [1.54, 1.807) is 0 Å². The summed E-state index contributed by atoms with van der Waals surface area (Å²) in [5.41, 5.74) is 0. The lowest BCUT2D eigenvalue weighted by Crippen LogP contribution is -2.32. The van der Waals surface area contributed by atoms with Gasteiger partial charge in [-0.2, -0.15) is 4.98 Å². The molecule has 1 aromatic rings. The van der Waals surface area contributed by atoms with Crippen LogP contribution in [0.3, 0.4) is 0 Å². The molecule has 0 spiro atoms. The molecule has 1 aliphatic rings. The molecule has 4 nitrogen and oxygen atoms in total. The lowest BCUT2D eigenvalue weighted by Gasteiger charge is -2.17. The SMILES string of the molecule is CCNC(Cc1nc(C2CCCC2)no1)CC(C)C. The van der Waals surface area contributed by atoms with Crippen molar-refractivity contribution in [1.82, 2.24) is 15.5 Å². The molecule has 19 heavy (non-hydrogen) atoms. The highest BCUT2D eigenvalue weighted by Gasteiger charge is 2.23. The third-order valence-corrected chi connectivity index (χ3v) is 3.87. The molecule has 0 amide bonds. The molecule has 0 aromatic carbocycles. The highest BCUT2D eigenvalue weighted by Crippen LogP contribution is 2.32. The average Bonchev–Trinajstić information content (AvgIpc) is 2.97. The molecule has 4 heteroatoms. The lowest BCUT2D eigenvalue weighted by atomic mass is 10.0. The number of hydrogen-bond acceptors (Lipinski definition) is 4. The van der Waals surface area contributed by atoms with Crippen LogP contribution in [0.25, 0.3) is 0 Å². The Morgan fingerprint density at radius 2 is 2.05 bits per heavy atom. The summed E-state index contributed by atoms with van der Waals surface area (Å²) in [6.45, 7) is 7.64. The Hall–Kier alpha value is -0.900. The first kappa shape index (κ1) is 14.5. The fourth-order valence-electron chi connectivity index (χ4n) is 3.01. The van der Waals surface area contributed by atoms with Crippen molar-refractivity contribution >= 4 is 0 Å². The van der Waals surface area contributed by atoms with E-state index in [2.05, 4.69) is 36.2 Å². The van der Waals surface area contributed by atoms with Crippen molar-refractivity contribution in [2.24, 2.45) is 5.92 Å². The van der Waals surface area contributed by atoms with Gasteiger partial charge >= 0.3 is 0 Å². The Morgan fingerprint density at radius 3 is 2.68 bits per heavy atom. The van der Waals surface area contributed by atoms with Gasteiger partial charge in [-0.15, -0.1) is 0 Å². The van der Waals surface area contributed by atoms with Crippen molar-refractivity contribution in [1.29, 1.82) is 0 Å². The first-order chi connectivity index (χ1) is 9.19. The molecule has 0 bridgehead atoms.